The second kappa shape index (κ2) is 5.95. The molecule has 2 heterocycles. The van der Waals surface area contributed by atoms with Crippen LogP contribution < -0.4 is 4.74 Å². The summed E-state index contributed by atoms with van der Waals surface area (Å²) in [4.78, 5) is 14.1. The number of nitrogens with zero attached hydrogens (tertiary/aromatic N) is 2. The molecule has 1 aromatic heterocycles. The quantitative estimate of drug-likeness (QED) is 0.939. The number of ether oxygens (including phenoxy) is 1. The van der Waals surface area contributed by atoms with E-state index in [1.165, 1.54) is 24.3 Å². The number of rotatable bonds is 4. The molecule has 21 heavy (non-hydrogen) atoms. The van der Waals surface area contributed by atoms with Crippen molar-refractivity contribution < 1.29 is 13.9 Å². The van der Waals surface area contributed by atoms with Crippen molar-refractivity contribution in [1.82, 2.24) is 15.1 Å². The standard InChI is InChI=1S/C15H16FN3O2/c16-11-3-5-12(6-4-11)21-10-15(20)19-9-1-2-14(19)13-7-8-17-18-13/h3-8,14H,1-2,9-10H2,(H,17,18)/t14-/m1/s1. The number of halogens is 1. The van der Waals surface area contributed by atoms with Gasteiger partial charge < -0.3 is 9.64 Å². The molecule has 2 aromatic rings. The molecule has 1 amide bonds. The van der Waals surface area contributed by atoms with E-state index in [2.05, 4.69) is 10.2 Å². The topological polar surface area (TPSA) is 58.2 Å². The zero-order valence-corrected chi connectivity index (χ0v) is 11.5. The van der Waals surface area contributed by atoms with Crippen LogP contribution in [0, 0.1) is 5.82 Å². The van der Waals surface area contributed by atoms with E-state index in [1.807, 2.05) is 6.07 Å². The van der Waals surface area contributed by atoms with Crippen molar-refractivity contribution in [2.45, 2.75) is 18.9 Å². The predicted molar refractivity (Wildman–Crippen MR) is 74.2 cm³/mol. The molecule has 110 valence electrons. The molecule has 0 unspecified atom stereocenters. The van der Waals surface area contributed by atoms with Crippen LogP contribution in [-0.4, -0.2) is 34.2 Å². The molecule has 0 radical (unpaired) electrons. The first-order valence-electron chi connectivity index (χ1n) is 6.91. The normalized spacial score (nSPS) is 18.0. The lowest BCUT2D eigenvalue weighted by Crippen LogP contribution is -2.34. The lowest BCUT2D eigenvalue weighted by molar-refractivity contribution is -0.134. The molecule has 1 aliphatic rings. The molecule has 1 fully saturated rings. The fourth-order valence-corrected chi connectivity index (χ4v) is 2.60. The average Bonchev–Trinajstić information content (AvgIpc) is 3.16. The van der Waals surface area contributed by atoms with Gasteiger partial charge in [0.25, 0.3) is 5.91 Å². The Hall–Kier alpha value is -2.37. The van der Waals surface area contributed by atoms with Crippen LogP contribution in [0.3, 0.4) is 0 Å². The highest BCUT2D eigenvalue weighted by atomic mass is 19.1. The van der Waals surface area contributed by atoms with Gasteiger partial charge in [0, 0.05) is 12.7 Å². The number of H-pyrrole nitrogens is 1. The summed E-state index contributed by atoms with van der Waals surface area (Å²) in [6, 6.07) is 7.57. The summed E-state index contributed by atoms with van der Waals surface area (Å²) in [6.07, 6.45) is 3.57. The van der Waals surface area contributed by atoms with Crippen molar-refractivity contribution >= 4 is 5.91 Å². The van der Waals surface area contributed by atoms with E-state index in [4.69, 9.17) is 4.74 Å². The lowest BCUT2D eigenvalue weighted by atomic mass is 10.1. The first-order chi connectivity index (χ1) is 10.2. The first-order valence-corrected chi connectivity index (χ1v) is 6.91. The Balaban J connectivity index is 1.61. The highest BCUT2D eigenvalue weighted by molar-refractivity contribution is 5.78. The van der Waals surface area contributed by atoms with Crippen LogP contribution >= 0.6 is 0 Å². The van der Waals surface area contributed by atoms with Gasteiger partial charge in [-0.3, -0.25) is 9.89 Å². The number of hydrogen-bond acceptors (Lipinski definition) is 3. The fourth-order valence-electron chi connectivity index (χ4n) is 2.60. The van der Waals surface area contributed by atoms with E-state index in [0.29, 0.717) is 5.75 Å². The second-order valence-electron chi connectivity index (χ2n) is 5.00. The van der Waals surface area contributed by atoms with Gasteiger partial charge >= 0.3 is 0 Å². The smallest absolute Gasteiger partial charge is 0.261 e. The maximum absolute atomic E-state index is 12.8. The SMILES string of the molecule is O=C(COc1ccc(F)cc1)N1CCC[C@@H]1c1ccn[nH]1. The maximum atomic E-state index is 12.8. The molecule has 0 aliphatic carbocycles. The molecule has 3 rings (SSSR count). The molecule has 0 bridgehead atoms. The number of nitrogens with one attached hydrogen (secondary N) is 1. The number of amides is 1. The van der Waals surface area contributed by atoms with Crippen LogP contribution in [0.4, 0.5) is 4.39 Å². The van der Waals surface area contributed by atoms with Crippen LogP contribution in [0.15, 0.2) is 36.5 Å². The number of hydrogen-bond donors (Lipinski definition) is 1. The number of likely N-dealkylation sites (tertiary alicyclic amines) is 1. The Morgan fingerprint density at radius 1 is 1.38 bits per heavy atom. The van der Waals surface area contributed by atoms with Crippen molar-refractivity contribution in [2.24, 2.45) is 0 Å². The molecular weight excluding hydrogens is 273 g/mol. The molecule has 1 aromatic carbocycles. The van der Waals surface area contributed by atoms with Crippen molar-refractivity contribution in [2.75, 3.05) is 13.2 Å². The molecule has 6 heteroatoms. The van der Waals surface area contributed by atoms with Gasteiger partial charge in [-0.25, -0.2) is 4.39 Å². The van der Waals surface area contributed by atoms with Gasteiger partial charge in [-0.15, -0.1) is 0 Å². The molecule has 1 aliphatic heterocycles. The summed E-state index contributed by atoms with van der Waals surface area (Å²) in [5.41, 5.74) is 0.947. The van der Waals surface area contributed by atoms with Crippen LogP contribution in [-0.2, 0) is 4.79 Å². The molecular formula is C15H16FN3O2. The maximum Gasteiger partial charge on any atom is 0.261 e. The molecule has 5 nitrogen and oxygen atoms in total. The highest BCUT2D eigenvalue weighted by Gasteiger charge is 2.30. The van der Waals surface area contributed by atoms with Crippen LogP contribution in [0.25, 0.3) is 0 Å². The van der Waals surface area contributed by atoms with E-state index in [-0.39, 0.29) is 24.4 Å². The molecule has 1 saturated heterocycles. The zero-order chi connectivity index (χ0) is 14.7. The predicted octanol–water partition coefficient (Wildman–Crippen LogP) is 2.29. The summed E-state index contributed by atoms with van der Waals surface area (Å²) >= 11 is 0. The van der Waals surface area contributed by atoms with E-state index in [9.17, 15) is 9.18 Å². The Morgan fingerprint density at radius 2 is 2.19 bits per heavy atom. The largest absolute Gasteiger partial charge is 0.484 e. The average molecular weight is 289 g/mol. The first kappa shape index (κ1) is 13.6. The summed E-state index contributed by atoms with van der Waals surface area (Å²) in [6.45, 7) is 0.672. The zero-order valence-electron chi connectivity index (χ0n) is 11.5. The number of benzene rings is 1. The lowest BCUT2D eigenvalue weighted by Gasteiger charge is -2.23. The van der Waals surface area contributed by atoms with Gasteiger partial charge in [-0.1, -0.05) is 0 Å². The highest BCUT2D eigenvalue weighted by Crippen LogP contribution is 2.30. The minimum absolute atomic E-state index is 0.0387. The molecule has 1 N–H and O–H groups in total. The van der Waals surface area contributed by atoms with Gasteiger partial charge in [0.1, 0.15) is 11.6 Å². The summed E-state index contributed by atoms with van der Waals surface area (Å²) in [5.74, 6) is 0.0889. The van der Waals surface area contributed by atoms with E-state index in [1.54, 1.807) is 11.1 Å². The Morgan fingerprint density at radius 3 is 2.90 bits per heavy atom. The fraction of sp³-hybridized carbons (Fsp3) is 0.333. The number of carbonyl (C=O) groups excluding carboxylic acids is 1. The van der Waals surface area contributed by atoms with Crippen molar-refractivity contribution in [1.29, 1.82) is 0 Å². The van der Waals surface area contributed by atoms with Crippen LogP contribution in [0.1, 0.15) is 24.6 Å². The van der Waals surface area contributed by atoms with E-state index < -0.39 is 0 Å². The van der Waals surface area contributed by atoms with Gasteiger partial charge in [-0.2, -0.15) is 5.10 Å². The minimum Gasteiger partial charge on any atom is -0.484 e. The van der Waals surface area contributed by atoms with Crippen molar-refractivity contribution in [3.8, 4) is 5.75 Å². The summed E-state index contributed by atoms with van der Waals surface area (Å²) in [7, 11) is 0. The third kappa shape index (κ3) is 3.04. The minimum atomic E-state index is -0.326. The molecule has 0 spiro atoms. The van der Waals surface area contributed by atoms with E-state index in [0.717, 1.165) is 25.1 Å². The Bertz CT molecular complexity index is 598. The van der Waals surface area contributed by atoms with Gasteiger partial charge in [-0.05, 0) is 43.2 Å². The number of aromatic amines is 1. The van der Waals surface area contributed by atoms with E-state index >= 15 is 0 Å². The van der Waals surface area contributed by atoms with Gasteiger partial charge in [0.2, 0.25) is 0 Å². The molecule has 1 atom stereocenters. The van der Waals surface area contributed by atoms with Crippen LogP contribution in [0.2, 0.25) is 0 Å². The van der Waals surface area contributed by atoms with Gasteiger partial charge in [0.05, 0.1) is 11.7 Å². The number of carbonyl (C=O) groups is 1. The Kier molecular flexibility index (Phi) is 3.85. The Labute approximate surface area is 121 Å². The van der Waals surface area contributed by atoms with Gasteiger partial charge in [0.15, 0.2) is 6.61 Å². The van der Waals surface area contributed by atoms with Crippen molar-refractivity contribution in [3.63, 3.8) is 0 Å². The summed E-state index contributed by atoms with van der Waals surface area (Å²) in [5, 5.41) is 6.85. The number of aromatic nitrogens is 2. The van der Waals surface area contributed by atoms with Crippen molar-refractivity contribution in [3.05, 3.63) is 48.0 Å². The third-order valence-electron chi connectivity index (χ3n) is 3.63. The second-order valence-corrected chi connectivity index (χ2v) is 5.00. The summed E-state index contributed by atoms with van der Waals surface area (Å²) < 4.78 is 18.2. The third-order valence-corrected chi connectivity index (χ3v) is 3.63. The van der Waals surface area contributed by atoms with Crippen LogP contribution in [0.5, 0.6) is 5.75 Å². The monoisotopic (exact) mass is 289 g/mol. The molecule has 0 saturated carbocycles.